The molecule has 0 radical (unpaired) electrons. The zero-order valence-corrected chi connectivity index (χ0v) is 12.8. The lowest BCUT2D eigenvalue weighted by Gasteiger charge is -2.21. The lowest BCUT2D eigenvalue weighted by molar-refractivity contribution is 0.124. The maximum Gasteiger partial charge on any atom is 0.0916 e. The minimum Gasteiger partial charge on any atom is -0.387 e. The Labute approximate surface area is 129 Å². The summed E-state index contributed by atoms with van der Waals surface area (Å²) in [6.45, 7) is 1.33. The number of hydrogen-bond acceptors (Lipinski definition) is 2. The van der Waals surface area contributed by atoms with Gasteiger partial charge in [0.05, 0.1) is 6.10 Å². The van der Waals surface area contributed by atoms with E-state index in [9.17, 15) is 5.11 Å². The van der Waals surface area contributed by atoms with E-state index < -0.39 is 6.10 Å². The number of aliphatic hydroxyl groups is 1. The molecule has 0 aromatic heterocycles. The van der Waals surface area contributed by atoms with Crippen molar-refractivity contribution in [3.63, 3.8) is 0 Å². The monoisotopic (exact) mass is 309 g/mol. The van der Waals surface area contributed by atoms with Gasteiger partial charge in [-0.25, -0.2) is 0 Å². The molecule has 1 unspecified atom stereocenters. The molecule has 0 saturated heterocycles. The highest BCUT2D eigenvalue weighted by Crippen LogP contribution is 2.18. The molecule has 0 aliphatic heterocycles. The predicted molar refractivity (Wildman–Crippen MR) is 84.2 cm³/mol. The summed E-state index contributed by atoms with van der Waals surface area (Å²) in [5.41, 5.74) is 2.04. The molecule has 2 aromatic carbocycles. The predicted octanol–water partition coefficient (Wildman–Crippen LogP) is 4.16. The molecule has 4 heteroatoms. The Morgan fingerprint density at radius 3 is 2.00 bits per heavy atom. The van der Waals surface area contributed by atoms with Crippen LogP contribution in [0.2, 0.25) is 10.0 Å². The second kappa shape index (κ2) is 7.09. The van der Waals surface area contributed by atoms with E-state index in [2.05, 4.69) is 4.90 Å². The lowest BCUT2D eigenvalue weighted by atomic mass is 10.1. The highest BCUT2D eigenvalue weighted by atomic mass is 35.5. The van der Waals surface area contributed by atoms with Crippen LogP contribution in [0.25, 0.3) is 0 Å². The Kier molecular flexibility index (Phi) is 5.44. The smallest absolute Gasteiger partial charge is 0.0916 e. The Balaban J connectivity index is 1.92. The number of nitrogens with zero attached hydrogens (tertiary/aromatic N) is 1. The van der Waals surface area contributed by atoms with Crippen molar-refractivity contribution < 1.29 is 5.11 Å². The second-order valence-corrected chi connectivity index (χ2v) is 5.76. The molecule has 0 aliphatic carbocycles. The first-order valence-corrected chi connectivity index (χ1v) is 7.16. The van der Waals surface area contributed by atoms with Gasteiger partial charge in [-0.1, -0.05) is 47.5 Å². The molecule has 2 rings (SSSR count). The van der Waals surface area contributed by atoms with Crippen molar-refractivity contribution in [2.24, 2.45) is 0 Å². The molecule has 0 aliphatic rings. The zero-order valence-electron chi connectivity index (χ0n) is 11.3. The van der Waals surface area contributed by atoms with E-state index in [0.29, 0.717) is 11.6 Å². The summed E-state index contributed by atoms with van der Waals surface area (Å²) in [5.74, 6) is 0. The van der Waals surface area contributed by atoms with E-state index in [1.54, 1.807) is 12.1 Å². The van der Waals surface area contributed by atoms with Gasteiger partial charge in [0.1, 0.15) is 0 Å². The van der Waals surface area contributed by atoms with Gasteiger partial charge in [0.15, 0.2) is 0 Å². The Morgan fingerprint density at radius 2 is 1.45 bits per heavy atom. The summed E-state index contributed by atoms with van der Waals surface area (Å²) in [7, 11) is 1.98. The van der Waals surface area contributed by atoms with E-state index in [1.165, 1.54) is 5.56 Å². The summed E-state index contributed by atoms with van der Waals surface area (Å²) < 4.78 is 0. The van der Waals surface area contributed by atoms with Crippen molar-refractivity contribution in [1.29, 1.82) is 0 Å². The zero-order chi connectivity index (χ0) is 14.5. The number of hydrogen-bond donors (Lipinski definition) is 1. The van der Waals surface area contributed by atoms with Crippen molar-refractivity contribution >= 4 is 23.2 Å². The molecule has 1 atom stereocenters. The summed E-state index contributed by atoms with van der Waals surface area (Å²) in [5, 5.41) is 11.6. The third-order valence-electron chi connectivity index (χ3n) is 3.11. The van der Waals surface area contributed by atoms with Crippen LogP contribution < -0.4 is 0 Å². The van der Waals surface area contributed by atoms with Crippen LogP contribution in [0.3, 0.4) is 0 Å². The quantitative estimate of drug-likeness (QED) is 0.896. The van der Waals surface area contributed by atoms with Crippen LogP contribution in [-0.2, 0) is 6.54 Å². The summed E-state index contributed by atoms with van der Waals surface area (Å²) >= 11 is 11.7. The number of halogens is 2. The second-order valence-electron chi connectivity index (χ2n) is 4.89. The van der Waals surface area contributed by atoms with Crippen LogP contribution in [0.15, 0.2) is 48.5 Å². The lowest BCUT2D eigenvalue weighted by Crippen LogP contribution is -2.24. The maximum absolute atomic E-state index is 10.2. The molecule has 0 amide bonds. The number of rotatable bonds is 5. The topological polar surface area (TPSA) is 23.5 Å². The van der Waals surface area contributed by atoms with Gasteiger partial charge < -0.3 is 5.11 Å². The standard InChI is InChI=1S/C16H17Cl2NO/c1-19(10-12-2-6-14(17)7-3-12)11-16(20)13-4-8-15(18)9-5-13/h2-9,16,20H,10-11H2,1H3. The van der Waals surface area contributed by atoms with Crippen molar-refractivity contribution in [2.45, 2.75) is 12.6 Å². The first kappa shape index (κ1) is 15.3. The summed E-state index contributed by atoms with van der Waals surface area (Å²) in [6.07, 6.45) is -0.524. The molecule has 0 fully saturated rings. The fourth-order valence-corrected chi connectivity index (χ4v) is 2.30. The minimum atomic E-state index is -0.524. The SMILES string of the molecule is CN(Cc1ccc(Cl)cc1)CC(O)c1ccc(Cl)cc1. The van der Waals surface area contributed by atoms with Gasteiger partial charge in [0, 0.05) is 23.1 Å². The largest absolute Gasteiger partial charge is 0.387 e. The molecule has 20 heavy (non-hydrogen) atoms. The molecule has 0 heterocycles. The number of likely N-dealkylation sites (N-methyl/N-ethyl adjacent to an activating group) is 1. The van der Waals surface area contributed by atoms with E-state index in [0.717, 1.165) is 17.1 Å². The number of benzene rings is 2. The van der Waals surface area contributed by atoms with Gasteiger partial charge in [0.25, 0.3) is 0 Å². The van der Waals surface area contributed by atoms with Crippen molar-refractivity contribution in [3.05, 3.63) is 69.7 Å². The molecule has 0 saturated carbocycles. The molecular weight excluding hydrogens is 293 g/mol. The van der Waals surface area contributed by atoms with Crippen LogP contribution >= 0.6 is 23.2 Å². The molecule has 1 N–H and O–H groups in total. The molecule has 2 nitrogen and oxygen atoms in total. The van der Waals surface area contributed by atoms with Gasteiger partial charge in [0.2, 0.25) is 0 Å². The van der Waals surface area contributed by atoms with E-state index in [1.807, 2.05) is 43.4 Å². The Hall–Kier alpha value is -1.06. The Bertz CT molecular complexity index is 539. The third kappa shape index (κ3) is 4.50. The van der Waals surface area contributed by atoms with Crippen LogP contribution in [0, 0.1) is 0 Å². The highest BCUT2D eigenvalue weighted by molar-refractivity contribution is 6.30. The third-order valence-corrected chi connectivity index (χ3v) is 3.61. The minimum absolute atomic E-state index is 0.524. The summed E-state index contributed by atoms with van der Waals surface area (Å²) in [6, 6.07) is 15.0. The van der Waals surface area contributed by atoms with Crippen LogP contribution in [0.1, 0.15) is 17.2 Å². The first-order chi connectivity index (χ1) is 9.54. The fourth-order valence-electron chi connectivity index (χ4n) is 2.05. The van der Waals surface area contributed by atoms with Gasteiger partial charge in [-0.15, -0.1) is 0 Å². The fraction of sp³-hybridized carbons (Fsp3) is 0.250. The van der Waals surface area contributed by atoms with Gasteiger partial charge >= 0.3 is 0 Å². The normalized spacial score (nSPS) is 12.7. The molecular formula is C16H17Cl2NO. The van der Waals surface area contributed by atoms with Crippen molar-refractivity contribution in [2.75, 3.05) is 13.6 Å². The average Bonchev–Trinajstić information content (AvgIpc) is 2.42. The Morgan fingerprint density at radius 1 is 0.950 bits per heavy atom. The maximum atomic E-state index is 10.2. The molecule has 0 spiro atoms. The van der Waals surface area contributed by atoms with E-state index >= 15 is 0 Å². The van der Waals surface area contributed by atoms with Crippen molar-refractivity contribution in [1.82, 2.24) is 4.90 Å². The average molecular weight is 310 g/mol. The first-order valence-electron chi connectivity index (χ1n) is 6.41. The highest BCUT2D eigenvalue weighted by Gasteiger charge is 2.11. The molecule has 2 aromatic rings. The van der Waals surface area contributed by atoms with E-state index in [-0.39, 0.29) is 0 Å². The van der Waals surface area contributed by atoms with Crippen LogP contribution in [0.4, 0.5) is 0 Å². The van der Waals surface area contributed by atoms with Gasteiger partial charge in [-0.3, -0.25) is 4.90 Å². The van der Waals surface area contributed by atoms with Crippen LogP contribution in [-0.4, -0.2) is 23.6 Å². The molecule has 0 bridgehead atoms. The van der Waals surface area contributed by atoms with Crippen molar-refractivity contribution in [3.8, 4) is 0 Å². The van der Waals surface area contributed by atoms with Gasteiger partial charge in [-0.2, -0.15) is 0 Å². The number of aliphatic hydroxyl groups excluding tert-OH is 1. The summed E-state index contributed by atoms with van der Waals surface area (Å²) in [4.78, 5) is 2.07. The van der Waals surface area contributed by atoms with Crippen LogP contribution in [0.5, 0.6) is 0 Å². The van der Waals surface area contributed by atoms with E-state index in [4.69, 9.17) is 23.2 Å². The van der Waals surface area contributed by atoms with Gasteiger partial charge in [-0.05, 0) is 42.4 Å². The molecule has 106 valence electrons.